The van der Waals surface area contributed by atoms with Gasteiger partial charge in [-0.25, -0.2) is 0 Å². The van der Waals surface area contributed by atoms with Crippen LogP contribution < -0.4 is 15.9 Å². The molecule has 0 saturated heterocycles. The van der Waals surface area contributed by atoms with Crippen molar-refractivity contribution in [2.45, 2.75) is 6.92 Å². The van der Waals surface area contributed by atoms with E-state index in [-0.39, 0.29) is 19.5 Å². The molecule has 0 saturated carbocycles. The van der Waals surface area contributed by atoms with E-state index in [1.807, 2.05) is 0 Å². The van der Waals surface area contributed by atoms with Crippen molar-refractivity contribution in [1.82, 2.24) is 0 Å². The second-order valence-electron chi connectivity index (χ2n) is 4.86. The molecule has 2 nitrogen and oxygen atoms in total. The molecule has 3 aromatic carbocycles. The Morgan fingerprint density at radius 3 is 1.08 bits per heavy atom. The molecule has 0 fully saturated rings. The van der Waals surface area contributed by atoms with Gasteiger partial charge in [-0.3, -0.25) is 4.79 Å². The van der Waals surface area contributed by atoms with Crippen molar-refractivity contribution >= 4 is 29.8 Å². The smallest absolute Gasteiger partial charge is 0.481 e. The van der Waals surface area contributed by atoms with Gasteiger partial charge in [-0.15, -0.1) is 0 Å². The molecular weight excluding hydrogens is 369 g/mol. The average Bonchev–Trinajstić information content (AvgIpc) is 2.58. The van der Waals surface area contributed by atoms with Crippen LogP contribution in [0.15, 0.2) is 91.0 Å². The molecule has 0 aliphatic rings. The van der Waals surface area contributed by atoms with Crippen LogP contribution in [-0.4, -0.2) is 11.1 Å². The molecule has 0 atom stereocenters. The maximum absolute atomic E-state index is 9.00. The first-order chi connectivity index (χ1) is 11.2. The van der Waals surface area contributed by atoms with Gasteiger partial charge in [0.25, 0.3) is 5.97 Å². The summed E-state index contributed by atoms with van der Waals surface area (Å²) in [5.74, 6) is -0.833. The van der Waals surface area contributed by atoms with E-state index in [1.54, 1.807) is 0 Å². The van der Waals surface area contributed by atoms with E-state index in [9.17, 15) is 0 Å². The van der Waals surface area contributed by atoms with Crippen molar-refractivity contribution in [1.29, 1.82) is 0 Å². The molecule has 0 spiro atoms. The minimum absolute atomic E-state index is 0. The Bertz CT molecular complexity index is 620. The van der Waals surface area contributed by atoms with E-state index in [2.05, 4.69) is 91.0 Å². The van der Waals surface area contributed by atoms with Crippen molar-refractivity contribution in [2.75, 3.05) is 0 Å². The van der Waals surface area contributed by atoms with Crippen LogP contribution in [0.5, 0.6) is 0 Å². The summed E-state index contributed by atoms with van der Waals surface area (Å²) in [7, 11) is -0.446. The van der Waals surface area contributed by atoms with Gasteiger partial charge in [-0.1, -0.05) is 91.0 Å². The summed E-state index contributed by atoms with van der Waals surface area (Å²) in [4.78, 5) is 9.00. The van der Waals surface area contributed by atoms with E-state index >= 15 is 0 Å². The van der Waals surface area contributed by atoms with Crippen molar-refractivity contribution in [3.63, 3.8) is 0 Å². The number of hydrogen-bond donors (Lipinski definition) is 1. The maximum atomic E-state index is 9.00. The molecule has 0 aliphatic heterocycles. The molecule has 0 aromatic heterocycles. The van der Waals surface area contributed by atoms with Crippen molar-refractivity contribution in [3.8, 4) is 0 Å². The van der Waals surface area contributed by atoms with Crippen LogP contribution in [0.25, 0.3) is 0 Å². The Morgan fingerprint density at radius 1 is 0.667 bits per heavy atom. The zero-order valence-electron chi connectivity index (χ0n) is 13.7. The largest absolute Gasteiger partial charge is 2.00 e. The van der Waals surface area contributed by atoms with Gasteiger partial charge >= 0.3 is 19.5 Å². The Morgan fingerprint density at radius 2 is 0.875 bits per heavy atom. The Balaban J connectivity index is 0.000000522. The van der Waals surface area contributed by atoms with Crippen molar-refractivity contribution in [2.24, 2.45) is 0 Å². The summed E-state index contributed by atoms with van der Waals surface area (Å²) in [5.41, 5.74) is 0. The van der Waals surface area contributed by atoms with Crippen LogP contribution >= 0.6 is 7.92 Å². The summed E-state index contributed by atoms with van der Waals surface area (Å²) in [6, 6.07) is 32.3. The molecule has 3 aromatic rings. The zero-order chi connectivity index (χ0) is 16.5. The number of hydrogen-bond acceptors (Lipinski definition) is 1. The van der Waals surface area contributed by atoms with E-state index in [1.165, 1.54) is 15.9 Å². The fourth-order valence-electron chi connectivity index (χ4n) is 2.18. The molecule has 4 heteroatoms. The standard InChI is InChI=1S/C18H15P.C2H4O2.Zn/c1-4-10-16(11-5-1)19(17-12-6-2-7-13-17)18-14-8-3-9-15-18;1-2(3)4;/h1-15H;1H3,(H,3,4);/q;;+2. The molecule has 0 aliphatic carbocycles. The summed E-state index contributed by atoms with van der Waals surface area (Å²) in [6.07, 6.45) is 0. The third kappa shape index (κ3) is 6.36. The van der Waals surface area contributed by atoms with Gasteiger partial charge in [-0.05, 0) is 23.8 Å². The molecule has 3 rings (SSSR count). The summed E-state index contributed by atoms with van der Waals surface area (Å²) in [6.45, 7) is 1.08. The first kappa shape index (κ1) is 20.2. The molecule has 1 N–H and O–H groups in total. The van der Waals surface area contributed by atoms with Gasteiger partial charge < -0.3 is 5.11 Å². The number of rotatable bonds is 3. The van der Waals surface area contributed by atoms with Crippen LogP contribution in [0.4, 0.5) is 0 Å². The van der Waals surface area contributed by atoms with Crippen LogP contribution in [0.2, 0.25) is 0 Å². The van der Waals surface area contributed by atoms with Crippen LogP contribution in [0, 0.1) is 0 Å². The average molecular weight is 388 g/mol. The molecule has 0 bridgehead atoms. The zero-order valence-corrected chi connectivity index (χ0v) is 17.5. The molecule has 0 unspecified atom stereocenters. The van der Waals surface area contributed by atoms with E-state index < -0.39 is 13.9 Å². The third-order valence-electron chi connectivity index (χ3n) is 3.04. The molecule has 0 amide bonds. The molecule has 0 radical (unpaired) electrons. The number of benzene rings is 3. The predicted octanol–water partition coefficient (Wildman–Crippen LogP) is 3.53. The maximum Gasteiger partial charge on any atom is 2.00 e. The Labute approximate surface area is 157 Å². The van der Waals surface area contributed by atoms with E-state index in [0.29, 0.717) is 0 Å². The molecule has 24 heavy (non-hydrogen) atoms. The van der Waals surface area contributed by atoms with Crippen molar-refractivity contribution in [3.05, 3.63) is 91.0 Å². The van der Waals surface area contributed by atoms with Crippen LogP contribution in [0.3, 0.4) is 0 Å². The number of carboxylic acids is 1. The normalized spacial score (nSPS) is 9.42. The second-order valence-corrected chi connectivity index (χ2v) is 7.08. The summed E-state index contributed by atoms with van der Waals surface area (Å²) < 4.78 is 0. The van der Waals surface area contributed by atoms with Crippen LogP contribution in [0.1, 0.15) is 6.92 Å². The van der Waals surface area contributed by atoms with Gasteiger partial charge in [0.2, 0.25) is 0 Å². The molecule has 116 valence electrons. The third-order valence-corrected chi connectivity index (χ3v) is 5.49. The monoisotopic (exact) mass is 386 g/mol. The second kappa shape index (κ2) is 10.9. The first-order valence-electron chi connectivity index (χ1n) is 7.33. The van der Waals surface area contributed by atoms with Crippen LogP contribution in [-0.2, 0) is 24.3 Å². The quantitative estimate of drug-likeness (QED) is 0.551. The number of carboxylic acid groups (broad SMARTS) is 1. The fourth-order valence-corrected chi connectivity index (χ4v) is 4.48. The SMILES string of the molecule is CC(=O)O.[Zn+2].c1ccc(P(c2ccccc2)c2ccccc2)cc1. The number of aliphatic carboxylic acids is 1. The Kier molecular flexibility index (Phi) is 9.16. The van der Waals surface area contributed by atoms with Crippen molar-refractivity contribution < 1.29 is 29.4 Å². The van der Waals surface area contributed by atoms with E-state index in [4.69, 9.17) is 9.90 Å². The summed E-state index contributed by atoms with van der Waals surface area (Å²) in [5, 5.41) is 11.6. The predicted molar refractivity (Wildman–Crippen MR) is 98.5 cm³/mol. The van der Waals surface area contributed by atoms with Gasteiger partial charge in [0, 0.05) is 6.92 Å². The minimum Gasteiger partial charge on any atom is -0.481 e. The molecule has 0 heterocycles. The van der Waals surface area contributed by atoms with Gasteiger partial charge in [0.15, 0.2) is 0 Å². The van der Waals surface area contributed by atoms with Gasteiger partial charge in [0.05, 0.1) is 0 Å². The van der Waals surface area contributed by atoms with E-state index in [0.717, 1.165) is 6.92 Å². The summed E-state index contributed by atoms with van der Waals surface area (Å²) >= 11 is 0. The van der Waals surface area contributed by atoms with Gasteiger partial charge in [-0.2, -0.15) is 0 Å². The van der Waals surface area contributed by atoms with Gasteiger partial charge in [0.1, 0.15) is 0 Å². The minimum atomic E-state index is -0.833. The topological polar surface area (TPSA) is 37.3 Å². The fraction of sp³-hybridized carbons (Fsp3) is 0.0500. The number of carbonyl (C=O) groups is 1. The molecular formula is C20H19O2PZn+2. The Hall–Kier alpha value is -1.82. The first-order valence-corrected chi connectivity index (χ1v) is 8.67.